The highest BCUT2D eigenvalue weighted by atomic mass is 32.2. The van der Waals surface area contributed by atoms with Crippen LogP contribution >= 0.6 is 11.8 Å². The summed E-state index contributed by atoms with van der Waals surface area (Å²) in [5.74, 6) is 0.864. The Balaban J connectivity index is 1.97. The highest BCUT2D eigenvalue weighted by Crippen LogP contribution is 2.18. The predicted molar refractivity (Wildman–Crippen MR) is 49.2 cm³/mol. The molecule has 2 aromatic rings. The van der Waals surface area contributed by atoms with Gasteiger partial charge < -0.3 is 4.57 Å². The zero-order valence-corrected chi connectivity index (χ0v) is 7.95. The largest absolute Gasteiger partial charge is 0.312 e. The van der Waals surface area contributed by atoms with Crippen molar-refractivity contribution in [1.29, 1.82) is 0 Å². The molecule has 0 bridgehead atoms. The fourth-order valence-electron chi connectivity index (χ4n) is 0.908. The molecule has 0 spiro atoms. The van der Waals surface area contributed by atoms with Crippen LogP contribution in [-0.4, -0.2) is 25.0 Å². The Kier molecular flexibility index (Phi) is 2.31. The Bertz CT molecular complexity index is 366. The van der Waals surface area contributed by atoms with Crippen molar-refractivity contribution in [3.05, 3.63) is 24.3 Å². The first kappa shape index (κ1) is 8.31. The molecule has 0 aromatic carbocycles. The summed E-state index contributed by atoms with van der Waals surface area (Å²) in [6.45, 7) is 0. The Hall–Kier alpha value is -1.30. The third-order valence-corrected chi connectivity index (χ3v) is 2.70. The number of aromatic amines is 1. The van der Waals surface area contributed by atoms with Crippen molar-refractivity contribution >= 4 is 11.8 Å². The maximum atomic E-state index is 3.96. The summed E-state index contributed by atoms with van der Waals surface area (Å²) in [5.41, 5.74) is 1.16. The van der Waals surface area contributed by atoms with Crippen LogP contribution in [0.2, 0.25) is 0 Å². The van der Waals surface area contributed by atoms with Crippen LogP contribution < -0.4 is 0 Å². The lowest BCUT2D eigenvalue weighted by Gasteiger charge is -1.96. The lowest BCUT2D eigenvalue weighted by molar-refractivity contribution is 0.788. The van der Waals surface area contributed by atoms with Crippen molar-refractivity contribution < 1.29 is 0 Å². The van der Waals surface area contributed by atoms with Gasteiger partial charge in [-0.1, -0.05) is 11.8 Å². The molecule has 6 heteroatoms. The summed E-state index contributed by atoms with van der Waals surface area (Å²) in [6.07, 6.45) is 5.38. The second kappa shape index (κ2) is 3.61. The zero-order valence-electron chi connectivity index (χ0n) is 7.14. The molecule has 2 aromatic heterocycles. The van der Waals surface area contributed by atoms with Crippen LogP contribution in [0.15, 0.2) is 23.9 Å². The van der Waals surface area contributed by atoms with Gasteiger partial charge in [-0.05, 0) is 0 Å². The van der Waals surface area contributed by atoms with Crippen LogP contribution in [0.25, 0.3) is 0 Å². The smallest absolute Gasteiger partial charge is 0.191 e. The molecule has 1 N–H and O–H groups in total. The summed E-state index contributed by atoms with van der Waals surface area (Å²) in [6, 6.07) is 0. The Morgan fingerprint density at radius 2 is 2.54 bits per heavy atom. The van der Waals surface area contributed by atoms with E-state index in [2.05, 4.69) is 20.4 Å². The minimum Gasteiger partial charge on any atom is -0.312 e. The number of H-pyrrole nitrogens is 1. The number of nitrogens with one attached hydrogen (secondary N) is 1. The van der Waals surface area contributed by atoms with E-state index in [0.29, 0.717) is 0 Å². The average molecular weight is 195 g/mol. The molecule has 0 aliphatic rings. The van der Waals surface area contributed by atoms with E-state index in [1.54, 1.807) is 18.1 Å². The van der Waals surface area contributed by atoms with E-state index in [1.807, 2.05) is 24.0 Å². The van der Waals surface area contributed by atoms with Gasteiger partial charge >= 0.3 is 0 Å². The molecule has 2 rings (SSSR count). The summed E-state index contributed by atoms with van der Waals surface area (Å²) < 4.78 is 1.89. The quantitative estimate of drug-likeness (QED) is 0.737. The van der Waals surface area contributed by atoms with E-state index in [-0.39, 0.29) is 0 Å². The first-order valence-corrected chi connectivity index (χ1v) is 4.79. The van der Waals surface area contributed by atoms with Gasteiger partial charge in [0.15, 0.2) is 5.16 Å². The van der Waals surface area contributed by atoms with E-state index >= 15 is 0 Å². The van der Waals surface area contributed by atoms with Gasteiger partial charge in [0, 0.05) is 24.6 Å². The summed E-state index contributed by atoms with van der Waals surface area (Å²) in [7, 11) is 1.93. The Labute approximate surface area is 79.6 Å². The van der Waals surface area contributed by atoms with Gasteiger partial charge in [-0.2, -0.15) is 5.10 Å². The fraction of sp³-hybridized carbons (Fsp3) is 0.286. The number of nitrogens with zero attached hydrogens (tertiary/aromatic N) is 4. The lowest BCUT2D eigenvalue weighted by Crippen LogP contribution is -1.88. The van der Waals surface area contributed by atoms with Crippen molar-refractivity contribution in [2.24, 2.45) is 7.05 Å². The molecule has 13 heavy (non-hydrogen) atoms. The normalized spacial score (nSPS) is 10.5. The standard InChI is InChI=1S/C7H9N5S/c1-12-5-10-11-7(12)13-4-6-2-8-9-3-6/h2-3,5H,4H2,1H3,(H,8,9). The summed E-state index contributed by atoms with van der Waals surface area (Å²) >= 11 is 1.64. The SMILES string of the molecule is Cn1cnnc1SCc1cn[nH]c1. The van der Waals surface area contributed by atoms with Crippen LogP contribution in [-0.2, 0) is 12.8 Å². The molecule has 0 aliphatic carbocycles. The van der Waals surface area contributed by atoms with E-state index in [0.717, 1.165) is 16.5 Å². The average Bonchev–Trinajstić information content (AvgIpc) is 2.72. The molecule has 5 nitrogen and oxygen atoms in total. The first-order valence-electron chi connectivity index (χ1n) is 3.81. The molecule has 0 unspecified atom stereocenters. The maximum absolute atomic E-state index is 3.96. The predicted octanol–water partition coefficient (Wildman–Crippen LogP) is 0.830. The number of rotatable bonds is 3. The second-order valence-corrected chi connectivity index (χ2v) is 3.56. The fourth-order valence-corrected chi connectivity index (χ4v) is 1.72. The number of aryl methyl sites for hydroxylation is 1. The Morgan fingerprint density at radius 3 is 3.15 bits per heavy atom. The van der Waals surface area contributed by atoms with Crippen LogP contribution in [0.5, 0.6) is 0 Å². The molecule has 0 radical (unpaired) electrons. The van der Waals surface area contributed by atoms with Gasteiger partial charge in [-0.3, -0.25) is 5.10 Å². The minimum atomic E-state index is 0.864. The van der Waals surface area contributed by atoms with E-state index in [4.69, 9.17) is 0 Å². The van der Waals surface area contributed by atoms with Crippen molar-refractivity contribution in [2.45, 2.75) is 10.9 Å². The molecule has 0 fully saturated rings. The van der Waals surface area contributed by atoms with Gasteiger partial charge in [-0.25, -0.2) is 0 Å². The third-order valence-electron chi connectivity index (χ3n) is 1.59. The monoisotopic (exact) mass is 195 g/mol. The third kappa shape index (κ3) is 1.89. The highest BCUT2D eigenvalue weighted by molar-refractivity contribution is 7.98. The van der Waals surface area contributed by atoms with E-state index in [1.165, 1.54) is 0 Å². The number of hydrogen-bond donors (Lipinski definition) is 1. The summed E-state index contributed by atoms with van der Waals surface area (Å²) in [5, 5.41) is 15.3. The maximum Gasteiger partial charge on any atom is 0.191 e. The van der Waals surface area contributed by atoms with Gasteiger partial charge in [0.05, 0.1) is 6.20 Å². The van der Waals surface area contributed by atoms with Crippen LogP contribution in [0.3, 0.4) is 0 Å². The van der Waals surface area contributed by atoms with Crippen molar-refractivity contribution in [3.63, 3.8) is 0 Å². The van der Waals surface area contributed by atoms with Gasteiger partial charge in [0.1, 0.15) is 6.33 Å². The Morgan fingerprint density at radius 1 is 1.62 bits per heavy atom. The van der Waals surface area contributed by atoms with Crippen LogP contribution in [0.4, 0.5) is 0 Å². The van der Waals surface area contributed by atoms with E-state index < -0.39 is 0 Å². The molecule has 2 heterocycles. The highest BCUT2D eigenvalue weighted by Gasteiger charge is 2.01. The van der Waals surface area contributed by atoms with Crippen LogP contribution in [0, 0.1) is 0 Å². The molecule has 0 amide bonds. The molecule has 0 saturated heterocycles. The molecular formula is C7H9N5S. The van der Waals surface area contributed by atoms with Crippen molar-refractivity contribution in [1.82, 2.24) is 25.0 Å². The molecule has 68 valence electrons. The molecule has 0 aliphatic heterocycles. The number of aromatic nitrogens is 5. The number of thioether (sulfide) groups is 1. The van der Waals surface area contributed by atoms with E-state index in [9.17, 15) is 0 Å². The van der Waals surface area contributed by atoms with Gasteiger partial charge in [0.25, 0.3) is 0 Å². The van der Waals surface area contributed by atoms with Gasteiger partial charge in [-0.15, -0.1) is 10.2 Å². The van der Waals surface area contributed by atoms with Crippen molar-refractivity contribution in [3.8, 4) is 0 Å². The molecular weight excluding hydrogens is 186 g/mol. The topological polar surface area (TPSA) is 59.4 Å². The first-order chi connectivity index (χ1) is 6.36. The zero-order chi connectivity index (χ0) is 9.10. The second-order valence-electron chi connectivity index (χ2n) is 2.62. The number of hydrogen-bond acceptors (Lipinski definition) is 4. The lowest BCUT2D eigenvalue weighted by atomic mass is 10.4. The van der Waals surface area contributed by atoms with Crippen LogP contribution in [0.1, 0.15) is 5.56 Å². The van der Waals surface area contributed by atoms with Crippen molar-refractivity contribution in [2.75, 3.05) is 0 Å². The van der Waals surface area contributed by atoms with Gasteiger partial charge in [0.2, 0.25) is 0 Å². The minimum absolute atomic E-state index is 0.864. The molecule has 0 atom stereocenters. The molecule has 0 saturated carbocycles. The summed E-state index contributed by atoms with van der Waals surface area (Å²) in [4.78, 5) is 0.